The highest BCUT2D eigenvalue weighted by molar-refractivity contribution is 7.92. The minimum atomic E-state index is -3.66. The van der Waals surface area contributed by atoms with Crippen molar-refractivity contribution in [1.29, 1.82) is 0 Å². The number of carbonyl (C=O) groups is 1. The lowest BCUT2D eigenvalue weighted by molar-refractivity contribution is 0.0947. The first kappa shape index (κ1) is 25.3. The third kappa shape index (κ3) is 6.85. The molecule has 3 rings (SSSR count). The molecule has 7 nitrogen and oxygen atoms in total. The molecule has 3 aromatic carbocycles. The molecule has 1 amide bonds. The van der Waals surface area contributed by atoms with E-state index in [1.165, 1.54) is 12.1 Å². The molecular formula is C24H24ClFN2O5S. The lowest BCUT2D eigenvalue weighted by atomic mass is 10.1. The minimum absolute atomic E-state index is 0.00159. The molecule has 1 N–H and O–H groups in total. The molecule has 0 atom stereocenters. The van der Waals surface area contributed by atoms with Gasteiger partial charge in [0, 0.05) is 5.56 Å². The Morgan fingerprint density at radius 2 is 1.68 bits per heavy atom. The van der Waals surface area contributed by atoms with E-state index in [4.69, 9.17) is 21.1 Å². The van der Waals surface area contributed by atoms with Crippen molar-refractivity contribution in [2.75, 3.05) is 30.8 Å². The number of halogens is 2. The number of ether oxygens (including phenoxy) is 2. The van der Waals surface area contributed by atoms with Crippen LogP contribution in [0.4, 0.5) is 10.1 Å². The summed E-state index contributed by atoms with van der Waals surface area (Å²) in [5.41, 5.74) is 1.31. The summed E-state index contributed by atoms with van der Waals surface area (Å²) in [5.74, 6) is 0.473. The molecule has 34 heavy (non-hydrogen) atoms. The molecule has 0 bridgehead atoms. The van der Waals surface area contributed by atoms with Gasteiger partial charge in [0.25, 0.3) is 5.91 Å². The average Bonchev–Trinajstić information content (AvgIpc) is 2.82. The predicted octanol–water partition coefficient (Wildman–Crippen LogP) is 4.26. The molecule has 0 saturated heterocycles. The van der Waals surface area contributed by atoms with Crippen molar-refractivity contribution in [2.45, 2.75) is 6.54 Å². The van der Waals surface area contributed by atoms with E-state index in [0.29, 0.717) is 30.0 Å². The van der Waals surface area contributed by atoms with E-state index in [-0.39, 0.29) is 23.2 Å². The fourth-order valence-corrected chi connectivity index (χ4v) is 4.13. The fourth-order valence-electron chi connectivity index (χ4n) is 3.08. The maximum Gasteiger partial charge on any atom is 0.251 e. The summed E-state index contributed by atoms with van der Waals surface area (Å²) >= 11 is 5.81. The first-order chi connectivity index (χ1) is 16.2. The van der Waals surface area contributed by atoms with Gasteiger partial charge in [-0.1, -0.05) is 23.7 Å². The SMILES string of the molecule is COc1ccc(OCCNC(=O)c2ccc(CN(c3ccc(F)c(Cl)c3)S(C)(=O)=O)cc2)cc1. The summed E-state index contributed by atoms with van der Waals surface area (Å²) < 4.78 is 49.9. The van der Waals surface area contributed by atoms with Gasteiger partial charge in [-0.15, -0.1) is 0 Å². The van der Waals surface area contributed by atoms with Crippen LogP contribution < -0.4 is 19.1 Å². The average molecular weight is 507 g/mol. The van der Waals surface area contributed by atoms with Crippen LogP contribution in [0.3, 0.4) is 0 Å². The number of sulfonamides is 1. The molecule has 0 spiro atoms. The van der Waals surface area contributed by atoms with Crippen LogP contribution in [0.15, 0.2) is 66.7 Å². The van der Waals surface area contributed by atoms with Crippen LogP contribution in [0.5, 0.6) is 11.5 Å². The van der Waals surface area contributed by atoms with E-state index in [1.807, 2.05) is 0 Å². The Morgan fingerprint density at radius 3 is 2.26 bits per heavy atom. The van der Waals surface area contributed by atoms with Crippen LogP contribution in [-0.4, -0.2) is 40.8 Å². The zero-order valence-corrected chi connectivity index (χ0v) is 20.2. The molecule has 0 saturated carbocycles. The number of nitrogens with one attached hydrogen (secondary N) is 1. The summed E-state index contributed by atoms with van der Waals surface area (Å²) in [6, 6.07) is 17.4. The summed E-state index contributed by atoms with van der Waals surface area (Å²) in [5, 5.41) is 2.60. The molecule has 0 radical (unpaired) electrons. The van der Waals surface area contributed by atoms with Gasteiger partial charge in [-0.3, -0.25) is 9.10 Å². The zero-order valence-electron chi connectivity index (χ0n) is 18.6. The quantitative estimate of drug-likeness (QED) is 0.415. The Labute approximate surface area is 203 Å². The summed E-state index contributed by atoms with van der Waals surface area (Å²) in [6.45, 7) is 0.595. The van der Waals surface area contributed by atoms with E-state index in [9.17, 15) is 17.6 Å². The van der Waals surface area contributed by atoms with Gasteiger partial charge in [-0.2, -0.15) is 0 Å². The summed E-state index contributed by atoms with van der Waals surface area (Å²) in [4.78, 5) is 12.4. The van der Waals surface area contributed by atoms with Gasteiger partial charge in [0.1, 0.15) is 23.9 Å². The maximum atomic E-state index is 13.5. The number of rotatable bonds is 10. The standard InChI is InChI=1S/C24H24ClFN2O5S/c1-32-20-8-10-21(11-9-20)33-14-13-27-24(29)18-5-3-17(4-6-18)16-28(34(2,30)31)19-7-12-23(26)22(25)15-19/h3-12,15H,13-14,16H2,1-2H3,(H,27,29). The van der Waals surface area contributed by atoms with E-state index >= 15 is 0 Å². The Kier molecular flexibility index (Phi) is 8.36. The highest BCUT2D eigenvalue weighted by Crippen LogP contribution is 2.26. The molecule has 0 aliphatic heterocycles. The van der Waals surface area contributed by atoms with E-state index in [0.717, 1.165) is 22.4 Å². The maximum absolute atomic E-state index is 13.5. The number of benzene rings is 3. The monoisotopic (exact) mass is 506 g/mol. The molecule has 3 aromatic rings. The smallest absolute Gasteiger partial charge is 0.251 e. The summed E-state index contributed by atoms with van der Waals surface area (Å²) in [7, 11) is -2.08. The third-order valence-corrected chi connectivity index (χ3v) is 6.28. The second-order valence-corrected chi connectivity index (χ2v) is 9.66. The van der Waals surface area contributed by atoms with E-state index < -0.39 is 15.8 Å². The second-order valence-electron chi connectivity index (χ2n) is 7.34. The van der Waals surface area contributed by atoms with Gasteiger partial charge >= 0.3 is 0 Å². The molecule has 0 fully saturated rings. The normalized spacial score (nSPS) is 11.1. The Bertz CT molecular complexity index is 1240. The van der Waals surface area contributed by atoms with Crippen molar-refractivity contribution in [3.63, 3.8) is 0 Å². The molecule has 0 heterocycles. The number of anilines is 1. The first-order valence-electron chi connectivity index (χ1n) is 10.2. The van der Waals surface area contributed by atoms with Crippen molar-refractivity contribution in [3.8, 4) is 11.5 Å². The van der Waals surface area contributed by atoms with Crippen LogP contribution in [0.25, 0.3) is 0 Å². The zero-order chi connectivity index (χ0) is 24.7. The Balaban J connectivity index is 1.57. The van der Waals surface area contributed by atoms with Crippen molar-refractivity contribution in [2.24, 2.45) is 0 Å². The van der Waals surface area contributed by atoms with Crippen LogP contribution in [0.2, 0.25) is 5.02 Å². The lowest BCUT2D eigenvalue weighted by Gasteiger charge is -2.23. The van der Waals surface area contributed by atoms with Crippen molar-refractivity contribution in [1.82, 2.24) is 5.32 Å². The second kappa shape index (κ2) is 11.2. The largest absolute Gasteiger partial charge is 0.497 e. The number of carbonyl (C=O) groups excluding carboxylic acids is 1. The van der Waals surface area contributed by atoms with Crippen molar-refractivity contribution < 1.29 is 27.1 Å². The van der Waals surface area contributed by atoms with Crippen LogP contribution in [0.1, 0.15) is 15.9 Å². The first-order valence-corrected chi connectivity index (χ1v) is 12.5. The molecule has 0 aliphatic rings. The number of nitrogens with zero attached hydrogens (tertiary/aromatic N) is 1. The third-order valence-electron chi connectivity index (χ3n) is 4.85. The minimum Gasteiger partial charge on any atom is -0.497 e. The van der Waals surface area contributed by atoms with E-state index in [2.05, 4.69) is 5.32 Å². The fraction of sp³-hybridized carbons (Fsp3) is 0.208. The van der Waals surface area contributed by atoms with Gasteiger partial charge < -0.3 is 14.8 Å². The molecule has 10 heteroatoms. The van der Waals surface area contributed by atoms with E-state index in [1.54, 1.807) is 55.6 Å². The molecular weight excluding hydrogens is 483 g/mol. The highest BCUT2D eigenvalue weighted by atomic mass is 35.5. The predicted molar refractivity (Wildman–Crippen MR) is 130 cm³/mol. The topological polar surface area (TPSA) is 84.9 Å². The van der Waals surface area contributed by atoms with Gasteiger partial charge in [-0.25, -0.2) is 12.8 Å². The van der Waals surface area contributed by atoms with Crippen molar-refractivity contribution in [3.05, 3.63) is 88.7 Å². The van der Waals surface area contributed by atoms with Gasteiger partial charge in [-0.05, 0) is 60.2 Å². The van der Waals surface area contributed by atoms with Crippen LogP contribution in [0, 0.1) is 5.82 Å². The molecule has 0 aromatic heterocycles. The highest BCUT2D eigenvalue weighted by Gasteiger charge is 2.19. The number of methoxy groups -OCH3 is 1. The van der Waals surface area contributed by atoms with Crippen LogP contribution >= 0.6 is 11.6 Å². The lowest BCUT2D eigenvalue weighted by Crippen LogP contribution is -2.29. The molecule has 0 unspecified atom stereocenters. The summed E-state index contributed by atoms with van der Waals surface area (Å²) in [6.07, 6.45) is 1.06. The molecule has 180 valence electrons. The van der Waals surface area contributed by atoms with Crippen molar-refractivity contribution >= 4 is 33.2 Å². The van der Waals surface area contributed by atoms with Gasteiger partial charge in [0.15, 0.2) is 0 Å². The van der Waals surface area contributed by atoms with Gasteiger partial charge in [0.2, 0.25) is 10.0 Å². The van der Waals surface area contributed by atoms with Gasteiger partial charge in [0.05, 0.1) is 37.2 Å². The molecule has 0 aliphatic carbocycles. The van der Waals surface area contributed by atoms with Crippen LogP contribution in [-0.2, 0) is 16.6 Å². The Hall–Kier alpha value is -3.30. The number of hydrogen-bond donors (Lipinski definition) is 1. The number of hydrogen-bond acceptors (Lipinski definition) is 5. The Morgan fingerprint density at radius 1 is 1.03 bits per heavy atom. The number of amides is 1.